The third kappa shape index (κ3) is 4.11. The normalized spacial score (nSPS) is 19.5. The number of carboxylic acid groups (broad SMARTS) is 1. The second kappa shape index (κ2) is 6.74. The number of rotatable bonds is 4. The van der Waals surface area contributed by atoms with Crippen molar-refractivity contribution in [1.29, 1.82) is 0 Å². The Bertz CT molecular complexity index is 280. The molecule has 1 fully saturated rings. The van der Waals surface area contributed by atoms with E-state index in [0.29, 0.717) is 13.1 Å². The van der Waals surface area contributed by atoms with E-state index in [1.54, 1.807) is 4.90 Å². The lowest BCUT2D eigenvalue weighted by atomic mass is 9.99. The third-order valence-electron chi connectivity index (χ3n) is 3.06. The molecule has 2 N–H and O–H groups in total. The molecule has 98 valence electrons. The standard InChI is InChI=1S/C11H20N2O3S/c1-3-8(2)9(10(14)15)12-11(16)13-4-6-17-7-5-13/h8-9H,3-7H2,1-2H3,(H,12,16)(H,14,15)/t8?,9-/m0/s1. The maximum Gasteiger partial charge on any atom is 0.326 e. The van der Waals surface area contributed by atoms with Gasteiger partial charge in [-0.1, -0.05) is 20.3 Å². The molecule has 17 heavy (non-hydrogen) atoms. The predicted octanol–water partition coefficient (Wildman–Crippen LogP) is 1.24. The molecule has 0 spiro atoms. The summed E-state index contributed by atoms with van der Waals surface area (Å²) in [5.41, 5.74) is 0. The summed E-state index contributed by atoms with van der Waals surface area (Å²) in [6.07, 6.45) is 0.729. The first-order valence-electron chi connectivity index (χ1n) is 5.92. The van der Waals surface area contributed by atoms with Crippen LogP contribution >= 0.6 is 11.8 Å². The second-order valence-corrected chi connectivity index (χ2v) is 5.48. The molecule has 0 bridgehead atoms. The van der Waals surface area contributed by atoms with Crippen LogP contribution in [0.1, 0.15) is 20.3 Å². The summed E-state index contributed by atoms with van der Waals surface area (Å²) in [5.74, 6) is 0.831. The van der Waals surface area contributed by atoms with E-state index in [1.165, 1.54) is 0 Å². The number of hydrogen-bond donors (Lipinski definition) is 2. The summed E-state index contributed by atoms with van der Waals surface area (Å²) in [6, 6.07) is -1.04. The Morgan fingerprint density at radius 3 is 2.47 bits per heavy atom. The quantitative estimate of drug-likeness (QED) is 0.798. The van der Waals surface area contributed by atoms with Crippen molar-refractivity contribution < 1.29 is 14.7 Å². The van der Waals surface area contributed by atoms with E-state index in [2.05, 4.69) is 5.32 Å². The van der Waals surface area contributed by atoms with Crippen LogP contribution in [0.15, 0.2) is 0 Å². The highest BCUT2D eigenvalue weighted by Gasteiger charge is 2.27. The molecule has 0 aliphatic carbocycles. The van der Waals surface area contributed by atoms with Crippen LogP contribution in [0.5, 0.6) is 0 Å². The minimum Gasteiger partial charge on any atom is -0.480 e. The van der Waals surface area contributed by atoms with Crippen LogP contribution in [0, 0.1) is 5.92 Å². The van der Waals surface area contributed by atoms with Crippen molar-refractivity contribution in [2.24, 2.45) is 5.92 Å². The maximum atomic E-state index is 11.9. The predicted molar refractivity (Wildman–Crippen MR) is 68.3 cm³/mol. The number of carbonyl (C=O) groups is 2. The van der Waals surface area contributed by atoms with Crippen molar-refractivity contribution in [1.82, 2.24) is 10.2 Å². The van der Waals surface area contributed by atoms with E-state index >= 15 is 0 Å². The van der Waals surface area contributed by atoms with E-state index in [0.717, 1.165) is 17.9 Å². The highest BCUT2D eigenvalue weighted by Crippen LogP contribution is 2.11. The van der Waals surface area contributed by atoms with E-state index < -0.39 is 12.0 Å². The number of hydrogen-bond acceptors (Lipinski definition) is 3. The first-order valence-corrected chi connectivity index (χ1v) is 7.07. The number of carbonyl (C=O) groups excluding carboxylic acids is 1. The lowest BCUT2D eigenvalue weighted by Crippen LogP contribution is -2.52. The molecule has 2 atom stereocenters. The molecule has 2 amide bonds. The maximum absolute atomic E-state index is 11.9. The minimum atomic E-state index is -0.959. The Labute approximate surface area is 106 Å². The van der Waals surface area contributed by atoms with Gasteiger partial charge in [-0.05, 0) is 5.92 Å². The number of thioether (sulfide) groups is 1. The molecular weight excluding hydrogens is 240 g/mol. The molecule has 1 rings (SSSR count). The summed E-state index contributed by atoms with van der Waals surface area (Å²) in [4.78, 5) is 24.6. The summed E-state index contributed by atoms with van der Waals surface area (Å²) in [6.45, 7) is 5.15. The fourth-order valence-electron chi connectivity index (χ4n) is 1.67. The molecule has 1 unspecified atom stereocenters. The molecule has 0 aromatic carbocycles. The zero-order valence-electron chi connectivity index (χ0n) is 10.3. The molecule has 0 saturated carbocycles. The van der Waals surface area contributed by atoms with Gasteiger partial charge in [0.25, 0.3) is 0 Å². The molecule has 0 aromatic heterocycles. The average Bonchev–Trinajstić information content (AvgIpc) is 2.35. The second-order valence-electron chi connectivity index (χ2n) is 4.25. The van der Waals surface area contributed by atoms with Crippen molar-refractivity contribution in [3.63, 3.8) is 0 Å². The SMILES string of the molecule is CCC(C)[C@H](NC(=O)N1CCSCC1)C(=O)O. The summed E-state index contributed by atoms with van der Waals surface area (Å²) in [5, 5.41) is 11.7. The van der Waals surface area contributed by atoms with Gasteiger partial charge in [0, 0.05) is 24.6 Å². The molecular formula is C11H20N2O3S. The van der Waals surface area contributed by atoms with Gasteiger partial charge in [-0.15, -0.1) is 0 Å². The van der Waals surface area contributed by atoms with Gasteiger partial charge in [0.2, 0.25) is 0 Å². The Hall–Kier alpha value is -0.910. The van der Waals surface area contributed by atoms with Crippen LogP contribution in [0.4, 0.5) is 4.79 Å². The zero-order chi connectivity index (χ0) is 12.8. The van der Waals surface area contributed by atoms with Gasteiger partial charge in [0.15, 0.2) is 0 Å². The molecule has 1 heterocycles. The lowest BCUT2D eigenvalue weighted by molar-refractivity contribution is -0.140. The number of nitrogens with zero attached hydrogens (tertiary/aromatic N) is 1. The molecule has 1 aliphatic rings. The third-order valence-corrected chi connectivity index (χ3v) is 4.00. The van der Waals surface area contributed by atoms with Gasteiger partial charge in [-0.25, -0.2) is 9.59 Å². The zero-order valence-corrected chi connectivity index (χ0v) is 11.1. The molecule has 0 aromatic rings. The number of carboxylic acids is 1. The Morgan fingerprint density at radius 1 is 1.41 bits per heavy atom. The topological polar surface area (TPSA) is 69.6 Å². The van der Waals surface area contributed by atoms with Gasteiger partial charge in [-0.2, -0.15) is 11.8 Å². The highest BCUT2D eigenvalue weighted by molar-refractivity contribution is 7.99. The van der Waals surface area contributed by atoms with Gasteiger partial charge in [0.1, 0.15) is 6.04 Å². The van der Waals surface area contributed by atoms with Gasteiger partial charge in [0.05, 0.1) is 0 Å². The van der Waals surface area contributed by atoms with Crippen LogP contribution < -0.4 is 5.32 Å². The van der Waals surface area contributed by atoms with Crippen LogP contribution in [0.2, 0.25) is 0 Å². The van der Waals surface area contributed by atoms with Crippen molar-refractivity contribution in [3.05, 3.63) is 0 Å². The largest absolute Gasteiger partial charge is 0.480 e. The lowest BCUT2D eigenvalue weighted by Gasteiger charge is -2.29. The summed E-state index contributed by atoms with van der Waals surface area (Å²) in [7, 11) is 0. The minimum absolute atomic E-state index is 0.0596. The number of amides is 2. The number of nitrogens with one attached hydrogen (secondary N) is 1. The van der Waals surface area contributed by atoms with Gasteiger partial charge < -0.3 is 15.3 Å². The van der Waals surface area contributed by atoms with Crippen molar-refractivity contribution >= 4 is 23.8 Å². The molecule has 5 nitrogen and oxygen atoms in total. The van der Waals surface area contributed by atoms with Crippen molar-refractivity contribution in [2.75, 3.05) is 24.6 Å². The first kappa shape index (κ1) is 14.2. The van der Waals surface area contributed by atoms with Crippen molar-refractivity contribution in [3.8, 4) is 0 Å². The van der Waals surface area contributed by atoms with Crippen LogP contribution in [-0.4, -0.2) is 52.6 Å². The molecule has 0 radical (unpaired) electrons. The Balaban J connectivity index is 2.53. The van der Waals surface area contributed by atoms with Crippen LogP contribution in [0.3, 0.4) is 0 Å². The van der Waals surface area contributed by atoms with E-state index in [1.807, 2.05) is 25.6 Å². The fourth-order valence-corrected chi connectivity index (χ4v) is 2.58. The number of urea groups is 1. The van der Waals surface area contributed by atoms with Crippen LogP contribution in [0.25, 0.3) is 0 Å². The summed E-state index contributed by atoms with van der Waals surface area (Å²) < 4.78 is 0. The average molecular weight is 260 g/mol. The Kier molecular flexibility index (Phi) is 5.61. The highest BCUT2D eigenvalue weighted by atomic mass is 32.2. The first-order chi connectivity index (χ1) is 8.06. The summed E-state index contributed by atoms with van der Waals surface area (Å²) >= 11 is 1.81. The van der Waals surface area contributed by atoms with E-state index in [-0.39, 0.29) is 11.9 Å². The Morgan fingerprint density at radius 2 is 2.00 bits per heavy atom. The molecule has 1 aliphatic heterocycles. The number of aliphatic carboxylic acids is 1. The van der Waals surface area contributed by atoms with E-state index in [4.69, 9.17) is 5.11 Å². The fraction of sp³-hybridized carbons (Fsp3) is 0.818. The van der Waals surface area contributed by atoms with Gasteiger partial charge in [-0.3, -0.25) is 0 Å². The van der Waals surface area contributed by atoms with Crippen molar-refractivity contribution in [2.45, 2.75) is 26.3 Å². The molecule has 1 saturated heterocycles. The smallest absolute Gasteiger partial charge is 0.326 e. The molecule has 6 heteroatoms. The van der Waals surface area contributed by atoms with Crippen LogP contribution in [-0.2, 0) is 4.79 Å². The van der Waals surface area contributed by atoms with Gasteiger partial charge >= 0.3 is 12.0 Å². The van der Waals surface area contributed by atoms with E-state index in [9.17, 15) is 9.59 Å². The monoisotopic (exact) mass is 260 g/mol.